The van der Waals surface area contributed by atoms with Gasteiger partial charge in [0, 0.05) is 139 Å². The molecule has 7 saturated heterocycles. The Bertz CT molecular complexity index is 2860. The molecule has 0 aromatic carbocycles. The van der Waals surface area contributed by atoms with Gasteiger partial charge in [0.05, 0.1) is 130 Å². The Balaban J connectivity index is 0.000000663. The molecule has 42 nitrogen and oxygen atoms in total. The normalized spacial score (nSPS) is 32.7. The molecule has 0 aliphatic carbocycles. The number of carbonyl (C=O) groups excluding carboxylic acids is 4. The molecule has 0 saturated carbocycles. The zero-order valence-electron chi connectivity index (χ0n) is 76.2. The fourth-order valence-electron chi connectivity index (χ4n) is 16.2. The maximum atomic E-state index is 12.7. The standard InChI is InChI=1S/C61H113NO32.C21H36N4O5/c1-36-42(91-60-55(76-15)49(70-9)44(38(89-60)32-65-4)85-31-30-83-27-26-81-23-22-79-19-18-62-41(63)35-84-29-28-82-25-24-80-21-20-64-3)47(68-7)54(75-14)59(87-36)94-46-40(34-67-6)90-61(56(77-16)51(46)72-11)92-43-37(2)86-58(53(74-13)48(43)69-8)93-45-39(33-66-5)88-57(78-17)52(73-12)50(45)71-10;1-2-9-23-21(30)17(13-19(27)28)24-20(29)16-4-3-12-25(14-16)18(26)6-5-15-7-10-22-11-8-15/h36-40,42-61H,18-35H2,1-17H3,(H,62,63);15-17,22H,2-14H2,1H3,(H,23,30)(H,24,29)(H,27,28)/t36-,37+,38-,39-,40-,42-,43-,44-,45-,46-,47+,48+,49+,50+,51+,52-,53-,54-,55-,56-,57+,58+,59+,60-,61-;16-,17+/m11/s1. The number of piperidine rings is 2. The number of likely N-dealkylation sites (tertiary alicyclic amines) is 1. The molecule has 4 amide bonds. The van der Waals surface area contributed by atoms with E-state index in [1.165, 1.54) is 49.8 Å². The Kier molecular flexibility index (Phi) is 54.1. The summed E-state index contributed by atoms with van der Waals surface area (Å²) >= 11 is 0. The second-order valence-electron chi connectivity index (χ2n) is 30.7. The van der Waals surface area contributed by atoms with Gasteiger partial charge in [-0.15, -0.1) is 0 Å². The van der Waals surface area contributed by atoms with Gasteiger partial charge in [-0.25, -0.2) is 0 Å². The van der Waals surface area contributed by atoms with Crippen molar-refractivity contribution in [3.05, 3.63) is 0 Å². The van der Waals surface area contributed by atoms with Crippen molar-refractivity contribution in [2.45, 2.75) is 232 Å². The van der Waals surface area contributed by atoms with Crippen LogP contribution < -0.4 is 21.3 Å². The molecule has 7 aliphatic rings. The Labute approximate surface area is 730 Å². The summed E-state index contributed by atoms with van der Waals surface area (Å²) in [6.07, 6.45) is -15.3. The van der Waals surface area contributed by atoms with E-state index in [0.29, 0.717) is 118 Å². The van der Waals surface area contributed by atoms with Crippen LogP contribution in [0, 0.1) is 11.8 Å². The molecule has 7 aliphatic heterocycles. The average molecular weight is 1800 g/mol. The van der Waals surface area contributed by atoms with Gasteiger partial charge in [0.15, 0.2) is 31.5 Å². The number of carboxylic acids is 1. The van der Waals surface area contributed by atoms with Crippen LogP contribution in [-0.4, -0.2) is 457 Å². The van der Waals surface area contributed by atoms with Crippen molar-refractivity contribution in [3.8, 4) is 0 Å². The molecule has 0 spiro atoms. The van der Waals surface area contributed by atoms with Gasteiger partial charge in [-0.1, -0.05) is 6.92 Å². The summed E-state index contributed by atoms with van der Waals surface area (Å²) in [6, 6.07) is -1.10. The van der Waals surface area contributed by atoms with E-state index < -0.39 is 184 Å². The number of nitrogens with one attached hydrogen (secondary N) is 4. The number of aliphatic carboxylic acids is 1. The third-order valence-corrected chi connectivity index (χ3v) is 22.5. The molecule has 42 heteroatoms. The molecule has 7 rings (SSSR count). The third kappa shape index (κ3) is 34.0. The largest absolute Gasteiger partial charge is 0.481 e. The van der Waals surface area contributed by atoms with Crippen molar-refractivity contribution in [1.82, 2.24) is 26.2 Å². The number of nitrogens with zero attached hydrogens (tertiary/aromatic N) is 1. The lowest BCUT2D eigenvalue weighted by Crippen LogP contribution is -2.68. The molecule has 0 aromatic heterocycles. The molecule has 5 N–H and O–H groups in total. The van der Waals surface area contributed by atoms with Crippen LogP contribution in [0.2, 0.25) is 0 Å². The van der Waals surface area contributed by atoms with Crippen molar-refractivity contribution >= 4 is 29.6 Å². The minimum atomic E-state index is -1.15. The van der Waals surface area contributed by atoms with Crippen LogP contribution in [-0.2, 0) is 171 Å². The first kappa shape index (κ1) is 109. The van der Waals surface area contributed by atoms with Crippen LogP contribution in [0.5, 0.6) is 0 Å². The zero-order chi connectivity index (χ0) is 90.3. The number of hydrogen-bond donors (Lipinski definition) is 5. The molecule has 0 bridgehead atoms. The predicted octanol–water partition coefficient (Wildman–Crippen LogP) is -0.335. The van der Waals surface area contributed by atoms with Crippen LogP contribution in [0.1, 0.15) is 72.1 Å². The lowest BCUT2D eigenvalue weighted by molar-refractivity contribution is -0.396. The Morgan fingerprint density at radius 2 is 0.831 bits per heavy atom. The van der Waals surface area contributed by atoms with Gasteiger partial charge in [0.25, 0.3) is 0 Å². The lowest BCUT2D eigenvalue weighted by atomic mass is 9.92. The number of carbonyl (C=O) groups is 5. The maximum Gasteiger partial charge on any atom is 0.305 e. The summed E-state index contributed by atoms with van der Waals surface area (Å²) in [4.78, 5) is 62.4. The topological polar surface area (TPSA) is 443 Å². The first-order chi connectivity index (χ1) is 60.2. The van der Waals surface area contributed by atoms with Gasteiger partial charge in [0.2, 0.25) is 23.6 Å². The Morgan fingerprint density at radius 3 is 1.27 bits per heavy atom. The molecule has 0 unspecified atom stereocenters. The van der Waals surface area contributed by atoms with Gasteiger partial charge in [-0.3, -0.25) is 24.0 Å². The molecular formula is C82H149N5O37. The van der Waals surface area contributed by atoms with Gasteiger partial charge in [-0.05, 0) is 71.4 Å². The highest BCUT2D eigenvalue weighted by Gasteiger charge is 2.59. The van der Waals surface area contributed by atoms with Crippen molar-refractivity contribution in [1.29, 1.82) is 0 Å². The lowest BCUT2D eigenvalue weighted by Gasteiger charge is -2.52. The summed E-state index contributed by atoms with van der Waals surface area (Å²) in [7, 11) is 23.2. The van der Waals surface area contributed by atoms with Crippen LogP contribution in [0.15, 0.2) is 0 Å². The summed E-state index contributed by atoms with van der Waals surface area (Å²) in [5, 5.41) is 20.4. The van der Waals surface area contributed by atoms with E-state index in [-0.39, 0.29) is 57.4 Å². The van der Waals surface area contributed by atoms with Gasteiger partial charge in [-0.2, -0.15) is 0 Å². The van der Waals surface area contributed by atoms with Crippen LogP contribution in [0.4, 0.5) is 0 Å². The molecule has 124 heavy (non-hydrogen) atoms. The van der Waals surface area contributed by atoms with E-state index >= 15 is 0 Å². The number of carboxylic acid groups (broad SMARTS) is 1. The summed E-state index contributed by atoms with van der Waals surface area (Å²) in [5.41, 5.74) is 0. The monoisotopic (exact) mass is 1800 g/mol. The van der Waals surface area contributed by atoms with E-state index in [2.05, 4.69) is 21.3 Å². The minimum Gasteiger partial charge on any atom is -0.481 e. The van der Waals surface area contributed by atoms with E-state index in [9.17, 15) is 24.0 Å². The summed E-state index contributed by atoms with van der Waals surface area (Å²) < 4.78 is 188. The van der Waals surface area contributed by atoms with E-state index in [0.717, 1.165) is 45.2 Å². The second kappa shape index (κ2) is 61.7. The van der Waals surface area contributed by atoms with Crippen molar-refractivity contribution in [2.24, 2.45) is 11.8 Å². The Morgan fingerprint density at radius 1 is 0.427 bits per heavy atom. The van der Waals surface area contributed by atoms with Crippen LogP contribution in [0.25, 0.3) is 0 Å². The number of hydrogen-bond acceptors (Lipinski definition) is 37. The van der Waals surface area contributed by atoms with E-state index in [1.54, 1.807) is 61.8 Å². The van der Waals surface area contributed by atoms with Gasteiger partial charge >= 0.3 is 5.97 Å². The first-order valence-corrected chi connectivity index (χ1v) is 43.0. The molecule has 7 fully saturated rings. The molecule has 27 atom stereocenters. The molecule has 724 valence electrons. The fourth-order valence-corrected chi connectivity index (χ4v) is 16.2. The quantitative estimate of drug-likeness (QED) is 0.0487. The molecule has 0 radical (unpaired) electrons. The van der Waals surface area contributed by atoms with Crippen molar-refractivity contribution in [3.63, 3.8) is 0 Å². The summed E-state index contributed by atoms with van der Waals surface area (Å²) in [5.74, 6) is -2.00. The highest BCUT2D eigenvalue weighted by Crippen LogP contribution is 2.40. The van der Waals surface area contributed by atoms with Crippen molar-refractivity contribution < 1.29 is 176 Å². The van der Waals surface area contributed by atoms with Gasteiger partial charge in [0.1, 0.15) is 123 Å². The number of methoxy groups -OCH3 is 15. The van der Waals surface area contributed by atoms with Crippen LogP contribution in [0.3, 0.4) is 0 Å². The van der Waals surface area contributed by atoms with Crippen molar-refractivity contribution in [2.75, 3.05) is 258 Å². The van der Waals surface area contributed by atoms with Crippen LogP contribution >= 0.6 is 0 Å². The zero-order valence-corrected chi connectivity index (χ0v) is 76.2. The smallest absolute Gasteiger partial charge is 0.305 e. The Hall–Kier alpha value is -3.93. The summed E-state index contributed by atoms with van der Waals surface area (Å²) in [6.45, 7) is 14.2. The number of ether oxygens (including phenoxy) is 31. The average Bonchev–Trinajstić information content (AvgIpc) is 0.765. The maximum absolute atomic E-state index is 12.7. The van der Waals surface area contributed by atoms with E-state index in [4.69, 9.17) is 152 Å². The highest BCUT2D eigenvalue weighted by molar-refractivity contribution is 5.91. The predicted molar refractivity (Wildman–Crippen MR) is 436 cm³/mol. The highest BCUT2D eigenvalue weighted by atomic mass is 16.8. The third-order valence-electron chi connectivity index (χ3n) is 22.5. The molecule has 0 aromatic rings. The molecule has 7 heterocycles. The fraction of sp³-hybridized carbons (Fsp3) is 0.939. The minimum absolute atomic E-state index is 0.0292. The van der Waals surface area contributed by atoms with Gasteiger partial charge < -0.3 is 178 Å². The number of rotatable bonds is 59. The molecular weight excluding hydrogens is 1650 g/mol. The second-order valence-corrected chi connectivity index (χ2v) is 30.7. The van der Waals surface area contributed by atoms with E-state index in [1.807, 2.05) is 20.8 Å². The first-order valence-electron chi connectivity index (χ1n) is 43.0. The SMILES string of the molecule is CCCNC(=O)[C@H](CC(=O)O)NC(=O)[C@@H]1CCCN(C(=O)CCC2CCNCC2)C1.COCCOCCOCCOCC(=O)NCCOCCOCCOCCO[C@H]1[C@H](OC)[C@@H](OC)[C@@H](O[C@H]2[C@H](OC)[C@@H](OC)[C@H](O[C@H]3[C@H](OC)[C@@H](OC)[C@@H](O[C@H]4[C@H](OC)[C@@H](OC)[C@H](O[C@H]5[C@H](OC)[C@@H](OC)[C@@H](OC)O[C@@H]5COC)O[C@H]4C)O[C@@H]3COC)O[C@@H]2C)O[C@@H]1COC. The number of amides is 4.